The minimum Gasteiger partial charge on any atom is -0.487 e. The van der Waals surface area contributed by atoms with Crippen LogP contribution in [0.4, 0.5) is 0 Å². The van der Waals surface area contributed by atoms with E-state index < -0.39 is 5.97 Å². The summed E-state index contributed by atoms with van der Waals surface area (Å²) in [7, 11) is 0. The van der Waals surface area contributed by atoms with Crippen LogP contribution in [0.2, 0.25) is 0 Å². The lowest BCUT2D eigenvalue weighted by Gasteiger charge is -2.06. The summed E-state index contributed by atoms with van der Waals surface area (Å²) >= 11 is 0. The number of ether oxygens (including phenoxy) is 1. The van der Waals surface area contributed by atoms with Gasteiger partial charge in [-0.1, -0.05) is 29.8 Å². The molecule has 0 aliphatic heterocycles. The van der Waals surface area contributed by atoms with Gasteiger partial charge in [-0.05, 0) is 24.6 Å². The number of carbonyl (C=O) groups is 1. The number of carboxylic acid groups (broad SMARTS) is 1. The summed E-state index contributed by atoms with van der Waals surface area (Å²) in [6, 6.07) is 11.0. The van der Waals surface area contributed by atoms with Gasteiger partial charge in [0.1, 0.15) is 18.1 Å². The average Bonchev–Trinajstić information content (AvgIpc) is 2.37. The smallest absolute Gasteiger partial charge is 0.354 e. The van der Waals surface area contributed by atoms with Crippen molar-refractivity contribution in [3.8, 4) is 5.75 Å². The number of rotatable bonds is 4. The first-order valence-electron chi connectivity index (χ1n) is 5.53. The lowest BCUT2D eigenvalue weighted by molar-refractivity contribution is 0.0690. The third kappa shape index (κ3) is 3.07. The van der Waals surface area contributed by atoms with Crippen LogP contribution in [0.3, 0.4) is 0 Å². The average molecular weight is 243 g/mol. The van der Waals surface area contributed by atoms with E-state index >= 15 is 0 Å². The maximum absolute atomic E-state index is 10.6. The number of hydrogen-bond acceptors (Lipinski definition) is 3. The number of nitrogens with zero attached hydrogens (tertiary/aromatic N) is 1. The lowest BCUT2D eigenvalue weighted by atomic mass is 10.1. The molecule has 18 heavy (non-hydrogen) atoms. The van der Waals surface area contributed by atoms with E-state index in [0.717, 1.165) is 5.56 Å². The van der Waals surface area contributed by atoms with Crippen LogP contribution >= 0.6 is 0 Å². The fraction of sp³-hybridized carbons (Fsp3) is 0.143. The van der Waals surface area contributed by atoms with E-state index in [0.29, 0.717) is 12.4 Å². The highest BCUT2D eigenvalue weighted by Crippen LogP contribution is 2.12. The topological polar surface area (TPSA) is 59.4 Å². The number of carboxylic acids is 1. The fourth-order valence-electron chi connectivity index (χ4n) is 1.56. The van der Waals surface area contributed by atoms with Crippen molar-refractivity contribution in [1.29, 1.82) is 0 Å². The second kappa shape index (κ2) is 5.31. The Morgan fingerprint density at radius 3 is 2.78 bits per heavy atom. The molecule has 4 heteroatoms. The number of benzene rings is 1. The number of aromatic nitrogens is 1. The van der Waals surface area contributed by atoms with Gasteiger partial charge >= 0.3 is 5.97 Å². The molecule has 4 nitrogen and oxygen atoms in total. The molecule has 0 amide bonds. The number of aromatic carboxylic acids is 1. The van der Waals surface area contributed by atoms with Gasteiger partial charge in [0.15, 0.2) is 0 Å². The van der Waals surface area contributed by atoms with Crippen LogP contribution in [-0.4, -0.2) is 16.1 Å². The highest BCUT2D eigenvalue weighted by molar-refractivity contribution is 5.85. The Bertz CT molecular complexity index is 549. The summed E-state index contributed by atoms with van der Waals surface area (Å²) < 4.78 is 5.53. The molecule has 2 aromatic rings. The molecule has 0 saturated carbocycles. The van der Waals surface area contributed by atoms with Gasteiger partial charge in [0.05, 0.1) is 6.20 Å². The molecular formula is C14H13NO3. The predicted molar refractivity (Wildman–Crippen MR) is 66.7 cm³/mol. The molecule has 0 aliphatic carbocycles. The standard InChI is InChI=1S/C14H13NO3/c1-10-3-2-4-11(7-10)9-18-12-5-6-13(14(16)17)15-8-12/h2-8H,9H2,1H3,(H,16,17). The van der Waals surface area contributed by atoms with Gasteiger partial charge < -0.3 is 9.84 Å². The van der Waals surface area contributed by atoms with Crippen LogP contribution in [0.1, 0.15) is 21.6 Å². The summed E-state index contributed by atoms with van der Waals surface area (Å²) in [4.78, 5) is 14.4. The normalized spacial score (nSPS) is 10.1. The second-order valence-electron chi connectivity index (χ2n) is 3.96. The number of hydrogen-bond donors (Lipinski definition) is 1. The molecule has 0 radical (unpaired) electrons. The molecule has 1 aromatic carbocycles. The first kappa shape index (κ1) is 12.1. The fourth-order valence-corrected chi connectivity index (χ4v) is 1.56. The van der Waals surface area contributed by atoms with Crippen molar-refractivity contribution in [2.75, 3.05) is 0 Å². The molecule has 0 bridgehead atoms. The highest BCUT2D eigenvalue weighted by atomic mass is 16.5. The van der Waals surface area contributed by atoms with E-state index in [1.807, 2.05) is 31.2 Å². The van der Waals surface area contributed by atoms with E-state index in [9.17, 15) is 4.79 Å². The molecule has 2 rings (SSSR count). The summed E-state index contributed by atoms with van der Waals surface area (Å²) in [6.45, 7) is 2.46. The number of pyridine rings is 1. The first-order valence-corrected chi connectivity index (χ1v) is 5.53. The van der Waals surface area contributed by atoms with Gasteiger partial charge in [-0.3, -0.25) is 0 Å². The summed E-state index contributed by atoms with van der Waals surface area (Å²) in [5, 5.41) is 8.71. The molecule has 92 valence electrons. The van der Waals surface area contributed by atoms with E-state index in [1.165, 1.54) is 17.8 Å². The van der Waals surface area contributed by atoms with E-state index in [4.69, 9.17) is 9.84 Å². The maximum atomic E-state index is 10.6. The molecule has 0 aliphatic rings. The van der Waals surface area contributed by atoms with Crippen molar-refractivity contribution in [3.05, 3.63) is 59.4 Å². The SMILES string of the molecule is Cc1cccc(COc2ccc(C(=O)O)nc2)c1. The Kier molecular flexibility index (Phi) is 3.57. The van der Waals surface area contributed by atoms with E-state index in [1.54, 1.807) is 6.07 Å². The zero-order valence-corrected chi connectivity index (χ0v) is 9.96. The molecule has 0 spiro atoms. The molecular weight excluding hydrogens is 230 g/mol. The lowest BCUT2D eigenvalue weighted by Crippen LogP contribution is -2.01. The van der Waals surface area contributed by atoms with Crippen molar-refractivity contribution < 1.29 is 14.6 Å². The zero-order valence-electron chi connectivity index (χ0n) is 9.96. The van der Waals surface area contributed by atoms with Crippen molar-refractivity contribution in [2.45, 2.75) is 13.5 Å². The molecule has 0 unspecified atom stereocenters. The first-order chi connectivity index (χ1) is 8.65. The molecule has 1 aromatic heterocycles. The Labute approximate surface area is 105 Å². The van der Waals surface area contributed by atoms with Gasteiger partial charge in [0, 0.05) is 0 Å². The monoisotopic (exact) mass is 243 g/mol. The van der Waals surface area contributed by atoms with Crippen LogP contribution in [0.25, 0.3) is 0 Å². The van der Waals surface area contributed by atoms with Crippen LogP contribution < -0.4 is 4.74 Å². The predicted octanol–water partition coefficient (Wildman–Crippen LogP) is 2.67. The van der Waals surface area contributed by atoms with Crippen LogP contribution in [-0.2, 0) is 6.61 Å². The summed E-state index contributed by atoms with van der Waals surface area (Å²) in [6.07, 6.45) is 1.42. The molecule has 1 heterocycles. The highest BCUT2D eigenvalue weighted by Gasteiger charge is 2.04. The van der Waals surface area contributed by atoms with Crippen LogP contribution in [0, 0.1) is 6.92 Å². The van der Waals surface area contributed by atoms with Crippen LogP contribution in [0.5, 0.6) is 5.75 Å². The Hall–Kier alpha value is -2.36. The van der Waals surface area contributed by atoms with Crippen molar-refractivity contribution in [2.24, 2.45) is 0 Å². The number of aryl methyl sites for hydroxylation is 1. The van der Waals surface area contributed by atoms with Gasteiger partial charge in [0.2, 0.25) is 0 Å². The third-order valence-corrected chi connectivity index (χ3v) is 2.44. The van der Waals surface area contributed by atoms with Gasteiger partial charge in [-0.2, -0.15) is 0 Å². The third-order valence-electron chi connectivity index (χ3n) is 2.44. The Morgan fingerprint density at radius 2 is 2.17 bits per heavy atom. The molecule has 0 saturated heterocycles. The van der Waals surface area contributed by atoms with Gasteiger partial charge in [-0.25, -0.2) is 9.78 Å². The maximum Gasteiger partial charge on any atom is 0.354 e. The van der Waals surface area contributed by atoms with Crippen molar-refractivity contribution >= 4 is 5.97 Å². The summed E-state index contributed by atoms with van der Waals surface area (Å²) in [5.41, 5.74) is 2.26. The van der Waals surface area contributed by atoms with Crippen molar-refractivity contribution in [3.63, 3.8) is 0 Å². The second-order valence-corrected chi connectivity index (χ2v) is 3.96. The van der Waals surface area contributed by atoms with Crippen molar-refractivity contribution in [1.82, 2.24) is 4.98 Å². The van der Waals surface area contributed by atoms with Gasteiger partial charge in [0.25, 0.3) is 0 Å². The quantitative estimate of drug-likeness (QED) is 0.896. The van der Waals surface area contributed by atoms with Crippen LogP contribution in [0.15, 0.2) is 42.6 Å². The van der Waals surface area contributed by atoms with E-state index in [-0.39, 0.29) is 5.69 Å². The van der Waals surface area contributed by atoms with E-state index in [2.05, 4.69) is 4.98 Å². The molecule has 0 atom stereocenters. The largest absolute Gasteiger partial charge is 0.487 e. The minimum absolute atomic E-state index is 0.0119. The van der Waals surface area contributed by atoms with Gasteiger partial charge in [-0.15, -0.1) is 0 Å². The molecule has 0 fully saturated rings. The Morgan fingerprint density at radius 1 is 1.33 bits per heavy atom. The Balaban J connectivity index is 2.00. The zero-order chi connectivity index (χ0) is 13.0. The minimum atomic E-state index is -1.04. The summed E-state index contributed by atoms with van der Waals surface area (Å²) in [5.74, 6) is -0.484. The molecule has 1 N–H and O–H groups in total.